The van der Waals surface area contributed by atoms with Crippen LogP contribution in [0.15, 0.2) is 35.3 Å². The summed E-state index contributed by atoms with van der Waals surface area (Å²) in [7, 11) is 0. The minimum absolute atomic E-state index is 0.306. The number of esters is 1. The van der Waals surface area contributed by atoms with E-state index in [2.05, 4.69) is 29.5 Å². The van der Waals surface area contributed by atoms with Gasteiger partial charge in [0.05, 0.1) is 17.9 Å². The third-order valence-corrected chi connectivity index (χ3v) is 5.17. The van der Waals surface area contributed by atoms with Crippen molar-refractivity contribution in [3.63, 3.8) is 0 Å². The molecule has 0 spiro atoms. The zero-order chi connectivity index (χ0) is 18.5. The Morgan fingerprint density at radius 1 is 1.23 bits per heavy atom. The molecule has 0 bridgehead atoms. The molecule has 2 aromatic rings. The summed E-state index contributed by atoms with van der Waals surface area (Å²) >= 11 is 0. The Morgan fingerprint density at radius 3 is 2.73 bits per heavy atom. The highest BCUT2D eigenvalue weighted by Crippen LogP contribution is 2.32. The highest BCUT2D eigenvalue weighted by atomic mass is 16.5. The van der Waals surface area contributed by atoms with Crippen LogP contribution in [0.25, 0.3) is 0 Å². The summed E-state index contributed by atoms with van der Waals surface area (Å²) in [4.78, 5) is 16.5. The monoisotopic (exact) mass is 352 g/mol. The van der Waals surface area contributed by atoms with Gasteiger partial charge in [0.1, 0.15) is 0 Å². The molecule has 1 fully saturated rings. The quantitative estimate of drug-likeness (QED) is 0.524. The van der Waals surface area contributed by atoms with E-state index in [1.165, 1.54) is 43.5 Å². The molecule has 138 valence electrons. The highest BCUT2D eigenvalue weighted by Gasteiger charge is 2.19. The molecule has 1 aromatic heterocycles. The van der Waals surface area contributed by atoms with Crippen molar-refractivity contribution in [3.05, 3.63) is 52.8 Å². The molecule has 4 heteroatoms. The van der Waals surface area contributed by atoms with Gasteiger partial charge in [-0.25, -0.2) is 4.79 Å². The number of aliphatic imine (C=N–C) groups is 1. The fraction of sp³-hybridized carbons (Fsp3) is 0.455. The average molecular weight is 352 g/mol. The smallest absolute Gasteiger partial charge is 0.338 e. The second-order valence-corrected chi connectivity index (χ2v) is 7.02. The summed E-state index contributed by atoms with van der Waals surface area (Å²) in [5.41, 5.74) is 5.03. The first-order valence-corrected chi connectivity index (χ1v) is 9.60. The molecule has 0 N–H and O–H groups in total. The van der Waals surface area contributed by atoms with E-state index >= 15 is 0 Å². The van der Waals surface area contributed by atoms with Crippen molar-refractivity contribution in [2.75, 3.05) is 6.61 Å². The van der Waals surface area contributed by atoms with Gasteiger partial charge in [0.25, 0.3) is 0 Å². The SMILES string of the molecule is CCOC(=O)c1cccc(N=Cc2cc(C)n(C3CCCCC3)c2C)c1. The molecular weight excluding hydrogens is 324 g/mol. The van der Waals surface area contributed by atoms with Gasteiger partial charge in [-0.2, -0.15) is 0 Å². The van der Waals surface area contributed by atoms with Gasteiger partial charge in [0.15, 0.2) is 0 Å². The van der Waals surface area contributed by atoms with E-state index in [1.54, 1.807) is 12.1 Å². The van der Waals surface area contributed by atoms with E-state index in [-0.39, 0.29) is 5.97 Å². The number of hydrogen-bond acceptors (Lipinski definition) is 3. The third-order valence-electron chi connectivity index (χ3n) is 5.17. The van der Waals surface area contributed by atoms with E-state index < -0.39 is 0 Å². The number of carbonyl (C=O) groups excluding carboxylic acids is 1. The van der Waals surface area contributed by atoms with Gasteiger partial charge in [-0.1, -0.05) is 25.3 Å². The van der Waals surface area contributed by atoms with E-state index in [0.717, 1.165) is 11.3 Å². The molecule has 0 atom stereocenters. The van der Waals surface area contributed by atoms with Gasteiger partial charge in [0.2, 0.25) is 0 Å². The molecule has 0 aliphatic heterocycles. The lowest BCUT2D eigenvalue weighted by atomic mass is 9.95. The fourth-order valence-electron chi connectivity index (χ4n) is 3.91. The molecule has 1 heterocycles. The predicted octanol–water partition coefficient (Wildman–Crippen LogP) is 5.54. The van der Waals surface area contributed by atoms with E-state index in [0.29, 0.717) is 18.2 Å². The van der Waals surface area contributed by atoms with Gasteiger partial charge in [0, 0.05) is 29.2 Å². The normalized spacial score (nSPS) is 15.5. The van der Waals surface area contributed by atoms with Crippen LogP contribution < -0.4 is 0 Å². The number of ether oxygens (including phenoxy) is 1. The lowest BCUT2D eigenvalue weighted by molar-refractivity contribution is 0.0526. The van der Waals surface area contributed by atoms with Crippen molar-refractivity contribution in [1.29, 1.82) is 0 Å². The Morgan fingerprint density at radius 2 is 2.00 bits per heavy atom. The summed E-state index contributed by atoms with van der Waals surface area (Å²) in [6.07, 6.45) is 8.47. The Hall–Kier alpha value is -2.36. The molecule has 0 amide bonds. The Labute approximate surface area is 155 Å². The molecule has 1 aliphatic carbocycles. The maximum Gasteiger partial charge on any atom is 0.338 e. The number of benzene rings is 1. The molecular formula is C22H28N2O2. The maximum absolute atomic E-state index is 11.9. The molecule has 4 nitrogen and oxygen atoms in total. The predicted molar refractivity (Wildman–Crippen MR) is 106 cm³/mol. The Balaban J connectivity index is 1.81. The standard InChI is InChI=1S/C22H28N2O2/c1-4-26-22(25)18-9-8-10-20(14-18)23-15-19-13-16(2)24(17(19)3)21-11-6-5-7-12-21/h8-10,13-15,21H,4-7,11-12H2,1-3H3. The molecule has 0 radical (unpaired) electrons. The molecule has 1 saturated carbocycles. The van der Waals surface area contributed by atoms with Crippen LogP contribution in [0.5, 0.6) is 0 Å². The molecule has 26 heavy (non-hydrogen) atoms. The fourth-order valence-corrected chi connectivity index (χ4v) is 3.91. The van der Waals surface area contributed by atoms with Crippen LogP contribution in [0.4, 0.5) is 5.69 Å². The second kappa shape index (κ2) is 8.35. The lowest BCUT2D eigenvalue weighted by Gasteiger charge is -2.26. The first kappa shape index (κ1) is 18.4. The number of carbonyl (C=O) groups is 1. The van der Waals surface area contributed by atoms with Crippen molar-refractivity contribution in [2.45, 2.75) is 58.9 Å². The lowest BCUT2D eigenvalue weighted by Crippen LogP contribution is -2.15. The van der Waals surface area contributed by atoms with Crippen molar-refractivity contribution in [1.82, 2.24) is 4.57 Å². The Bertz CT molecular complexity index is 798. The van der Waals surface area contributed by atoms with Crippen LogP contribution in [-0.2, 0) is 4.74 Å². The van der Waals surface area contributed by atoms with Crippen LogP contribution in [0.1, 0.15) is 72.4 Å². The summed E-state index contributed by atoms with van der Waals surface area (Å²) in [6, 6.07) is 10.1. The summed E-state index contributed by atoms with van der Waals surface area (Å²) in [5.74, 6) is -0.306. The average Bonchev–Trinajstić information content (AvgIpc) is 2.94. The zero-order valence-corrected chi connectivity index (χ0v) is 16.0. The van der Waals surface area contributed by atoms with Crippen molar-refractivity contribution >= 4 is 17.9 Å². The number of aromatic nitrogens is 1. The van der Waals surface area contributed by atoms with Gasteiger partial charge in [-0.05, 0) is 57.9 Å². The largest absolute Gasteiger partial charge is 0.462 e. The number of aryl methyl sites for hydroxylation is 1. The number of hydrogen-bond donors (Lipinski definition) is 0. The van der Waals surface area contributed by atoms with Gasteiger partial charge in [-0.15, -0.1) is 0 Å². The third kappa shape index (κ3) is 4.06. The minimum Gasteiger partial charge on any atom is -0.462 e. The first-order valence-electron chi connectivity index (χ1n) is 9.60. The van der Waals surface area contributed by atoms with Crippen molar-refractivity contribution < 1.29 is 9.53 Å². The van der Waals surface area contributed by atoms with Gasteiger partial charge >= 0.3 is 5.97 Å². The number of nitrogens with zero attached hydrogens (tertiary/aromatic N) is 2. The second-order valence-electron chi connectivity index (χ2n) is 7.02. The van der Waals surface area contributed by atoms with E-state index in [9.17, 15) is 4.79 Å². The maximum atomic E-state index is 11.9. The highest BCUT2D eigenvalue weighted by molar-refractivity contribution is 5.91. The van der Waals surface area contributed by atoms with Gasteiger partial charge < -0.3 is 9.30 Å². The van der Waals surface area contributed by atoms with E-state index in [4.69, 9.17) is 4.74 Å². The van der Waals surface area contributed by atoms with E-state index in [1.807, 2.05) is 25.3 Å². The Kier molecular flexibility index (Phi) is 5.92. The number of rotatable bonds is 5. The minimum atomic E-state index is -0.306. The van der Waals surface area contributed by atoms with Gasteiger partial charge in [-0.3, -0.25) is 4.99 Å². The topological polar surface area (TPSA) is 43.6 Å². The van der Waals surface area contributed by atoms with Crippen LogP contribution >= 0.6 is 0 Å². The summed E-state index contributed by atoms with van der Waals surface area (Å²) in [5, 5.41) is 0. The van der Waals surface area contributed by atoms with Crippen LogP contribution in [0.3, 0.4) is 0 Å². The zero-order valence-electron chi connectivity index (χ0n) is 16.0. The van der Waals surface area contributed by atoms with Crippen LogP contribution in [0.2, 0.25) is 0 Å². The van der Waals surface area contributed by atoms with Crippen molar-refractivity contribution in [3.8, 4) is 0 Å². The van der Waals surface area contributed by atoms with Crippen LogP contribution in [-0.4, -0.2) is 23.4 Å². The van der Waals surface area contributed by atoms with Crippen molar-refractivity contribution in [2.24, 2.45) is 4.99 Å². The summed E-state index contributed by atoms with van der Waals surface area (Å²) in [6.45, 7) is 6.54. The first-order chi connectivity index (χ1) is 12.6. The molecule has 1 aliphatic rings. The molecule has 0 unspecified atom stereocenters. The summed E-state index contributed by atoms with van der Waals surface area (Å²) < 4.78 is 7.54. The molecule has 3 rings (SSSR count). The van der Waals surface area contributed by atoms with Crippen LogP contribution in [0, 0.1) is 13.8 Å². The molecule has 1 aromatic carbocycles. The molecule has 0 saturated heterocycles.